The number of carbonyl (C=O) groups is 1. The van der Waals surface area contributed by atoms with E-state index in [-0.39, 0.29) is 19.2 Å². The number of amides is 1. The summed E-state index contributed by atoms with van der Waals surface area (Å²) in [6.07, 6.45) is -0.984. The van der Waals surface area contributed by atoms with E-state index in [4.69, 9.17) is 9.84 Å². The SMILES string of the molecule is CC(C)N(C)c1nc2c(nc1Br)CN(C(=O)O)CCO2. The average Bonchev–Trinajstić information content (AvgIpc) is 2.58. The first kappa shape index (κ1) is 14.8. The fourth-order valence-electron chi connectivity index (χ4n) is 1.79. The van der Waals surface area contributed by atoms with Gasteiger partial charge in [0, 0.05) is 13.1 Å². The smallest absolute Gasteiger partial charge is 0.407 e. The molecule has 0 saturated heterocycles. The molecule has 1 amide bonds. The molecule has 1 aromatic rings. The van der Waals surface area contributed by atoms with Crippen molar-refractivity contribution in [2.75, 3.05) is 25.1 Å². The van der Waals surface area contributed by atoms with Crippen LogP contribution in [-0.4, -0.2) is 52.3 Å². The van der Waals surface area contributed by atoms with Gasteiger partial charge in [-0.1, -0.05) is 0 Å². The summed E-state index contributed by atoms with van der Waals surface area (Å²) in [7, 11) is 1.92. The second-order valence-corrected chi connectivity index (χ2v) is 5.60. The Bertz CT molecular complexity index is 524. The minimum Gasteiger partial charge on any atom is -0.474 e. The van der Waals surface area contributed by atoms with E-state index in [1.54, 1.807) is 0 Å². The summed E-state index contributed by atoms with van der Waals surface area (Å²) in [5.41, 5.74) is 0.526. The zero-order valence-electron chi connectivity index (χ0n) is 11.6. The standard InChI is InChI=1S/C12H17BrN4O3/c1-7(2)16(3)10-9(13)14-8-6-17(12(18)19)4-5-20-11(8)15-10/h7H,4-6H2,1-3H3,(H,18,19). The quantitative estimate of drug-likeness (QED) is 0.883. The lowest BCUT2D eigenvalue weighted by atomic mass is 10.3. The second kappa shape index (κ2) is 5.82. The zero-order valence-corrected chi connectivity index (χ0v) is 13.2. The molecule has 0 radical (unpaired) electrons. The number of nitrogens with zero attached hydrogens (tertiary/aromatic N) is 4. The Hall–Kier alpha value is -1.57. The molecule has 1 aliphatic heterocycles. The van der Waals surface area contributed by atoms with Gasteiger partial charge in [0.25, 0.3) is 0 Å². The van der Waals surface area contributed by atoms with Gasteiger partial charge in [0.2, 0.25) is 5.88 Å². The number of rotatable bonds is 2. The van der Waals surface area contributed by atoms with E-state index in [9.17, 15) is 4.79 Å². The van der Waals surface area contributed by atoms with Gasteiger partial charge in [-0.15, -0.1) is 0 Å². The third-order valence-electron chi connectivity index (χ3n) is 3.19. The number of fused-ring (bicyclic) bond motifs is 1. The number of aromatic nitrogens is 2. The lowest BCUT2D eigenvalue weighted by molar-refractivity contribution is 0.137. The average molecular weight is 345 g/mol. The van der Waals surface area contributed by atoms with Crippen molar-refractivity contribution >= 4 is 27.8 Å². The van der Waals surface area contributed by atoms with Crippen LogP contribution in [0.1, 0.15) is 19.5 Å². The Morgan fingerprint density at radius 3 is 2.80 bits per heavy atom. The molecule has 110 valence electrons. The highest BCUT2D eigenvalue weighted by atomic mass is 79.9. The van der Waals surface area contributed by atoms with E-state index in [0.717, 1.165) is 0 Å². The predicted octanol–water partition coefficient (Wildman–Crippen LogP) is 1.96. The van der Waals surface area contributed by atoms with Gasteiger partial charge >= 0.3 is 6.09 Å². The van der Waals surface area contributed by atoms with Crippen molar-refractivity contribution in [3.8, 4) is 5.88 Å². The Labute approximate surface area is 125 Å². The van der Waals surface area contributed by atoms with Crippen molar-refractivity contribution in [3.63, 3.8) is 0 Å². The summed E-state index contributed by atoms with van der Waals surface area (Å²) in [4.78, 5) is 23.2. The van der Waals surface area contributed by atoms with Gasteiger partial charge in [-0.25, -0.2) is 9.78 Å². The van der Waals surface area contributed by atoms with Crippen LogP contribution < -0.4 is 9.64 Å². The predicted molar refractivity (Wildman–Crippen MR) is 77.2 cm³/mol. The molecule has 7 nitrogen and oxygen atoms in total. The van der Waals surface area contributed by atoms with Crippen LogP contribution >= 0.6 is 15.9 Å². The van der Waals surface area contributed by atoms with Crippen LogP contribution in [0.3, 0.4) is 0 Å². The minimum atomic E-state index is -0.984. The molecule has 1 aliphatic rings. The first-order valence-electron chi connectivity index (χ1n) is 6.30. The first-order valence-corrected chi connectivity index (χ1v) is 7.09. The molecule has 0 saturated carbocycles. The van der Waals surface area contributed by atoms with Crippen molar-refractivity contribution in [2.45, 2.75) is 26.4 Å². The number of halogens is 1. The first-order chi connectivity index (χ1) is 9.40. The summed E-state index contributed by atoms with van der Waals surface area (Å²) in [5, 5.41) is 9.08. The molecular weight excluding hydrogens is 328 g/mol. The maximum absolute atomic E-state index is 11.1. The highest BCUT2D eigenvalue weighted by Crippen LogP contribution is 2.29. The van der Waals surface area contributed by atoms with E-state index in [1.807, 2.05) is 25.8 Å². The molecule has 1 N–H and O–H groups in total. The summed E-state index contributed by atoms with van der Waals surface area (Å²) in [6.45, 7) is 4.86. The highest BCUT2D eigenvalue weighted by molar-refractivity contribution is 9.10. The van der Waals surface area contributed by atoms with Gasteiger partial charge in [0.05, 0.1) is 13.1 Å². The number of ether oxygens (including phenoxy) is 1. The molecule has 0 fully saturated rings. The van der Waals surface area contributed by atoms with Gasteiger partial charge in [-0.05, 0) is 29.8 Å². The largest absolute Gasteiger partial charge is 0.474 e. The Kier molecular flexibility index (Phi) is 4.32. The van der Waals surface area contributed by atoms with Crippen molar-refractivity contribution < 1.29 is 14.6 Å². The lowest BCUT2D eigenvalue weighted by Crippen LogP contribution is -2.31. The molecule has 0 unspecified atom stereocenters. The Morgan fingerprint density at radius 2 is 2.20 bits per heavy atom. The molecule has 8 heteroatoms. The van der Waals surface area contributed by atoms with Gasteiger partial charge in [-0.3, -0.25) is 4.90 Å². The highest BCUT2D eigenvalue weighted by Gasteiger charge is 2.24. The number of anilines is 1. The van der Waals surface area contributed by atoms with E-state index < -0.39 is 6.09 Å². The summed E-state index contributed by atoms with van der Waals surface area (Å²) < 4.78 is 6.11. The number of carboxylic acid groups (broad SMARTS) is 1. The minimum absolute atomic E-state index is 0.182. The Balaban J connectivity index is 2.37. The van der Waals surface area contributed by atoms with Crippen LogP contribution in [-0.2, 0) is 6.54 Å². The lowest BCUT2D eigenvalue weighted by Gasteiger charge is -2.24. The third kappa shape index (κ3) is 2.95. The van der Waals surface area contributed by atoms with Gasteiger partial charge < -0.3 is 14.7 Å². The molecule has 0 spiro atoms. The van der Waals surface area contributed by atoms with Crippen LogP contribution in [0.25, 0.3) is 0 Å². The summed E-state index contributed by atoms with van der Waals surface area (Å²) in [5.74, 6) is 1.09. The van der Waals surface area contributed by atoms with E-state index in [2.05, 4.69) is 25.9 Å². The molecule has 2 rings (SSSR count). The molecule has 1 aromatic heterocycles. The maximum Gasteiger partial charge on any atom is 0.407 e. The second-order valence-electron chi connectivity index (χ2n) is 4.85. The molecular formula is C12H17BrN4O3. The monoisotopic (exact) mass is 344 g/mol. The van der Waals surface area contributed by atoms with Gasteiger partial charge in [0.15, 0.2) is 5.82 Å². The van der Waals surface area contributed by atoms with Gasteiger partial charge in [-0.2, -0.15) is 4.98 Å². The fraction of sp³-hybridized carbons (Fsp3) is 0.583. The maximum atomic E-state index is 11.1. The van der Waals surface area contributed by atoms with Crippen molar-refractivity contribution in [2.24, 2.45) is 0 Å². The topological polar surface area (TPSA) is 78.8 Å². The van der Waals surface area contributed by atoms with Gasteiger partial charge in [0.1, 0.15) is 16.9 Å². The van der Waals surface area contributed by atoms with Crippen LogP contribution in [0, 0.1) is 0 Å². The zero-order chi connectivity index (χ0) is 14.9. The Morgan fingerprint density at radius 1 is 1.50 bits per heavy atom. The molecule has 0 aliphatic carbocycles. The fourth-order valence-corrected chi connectivity index (χ4v) is 2.37. The number of hydrogen-bond donors (Lipinski definition) is 1. The summed E-state index contributed by atoms with van der Waals surface area (Å²) in [6, 6.07) is 0.264. The van der Waals surface area contributed by atoms with E-state index in [1.165, 1.54) is 4.90 Å². The molecule has 20 heavy (non-hydrogen) atoms. The van der Waals surface area contributed by atoms with Crippen molar-refractivity contribution in [3.05, 3.63) is 10.3 Å². The normalized spacial score (nSPS) is 14.6. The third-order valence-corrected chi connectivity index (χ3v) is 3.72. The summed E-state index contributed by atoms with van der Waals surface area (Å²) >= 11 is 3.39. The van der Waals surface area contributed by atoms with Crippen molar-refractivity contribution in [1.29, 1.82) is 0 Å². The van der Waals surface area contributed by atoms with Crippen LogP contribution in [0.4, 0.5) is 10.6 Å². The molecule has 2 heterocycles. The van der Waals surface area contributed by atoms with Crippen LogP contribution in [0.2, 0.25) is 0 Å². The molecule has 0 aromatic carbocycles. The van der Waals surface area contributed by atoms with Crippen molar-refractivity contribution in [1.82, 2.24) is 14.9 Å². The van der Waals surface area contributed by atoms with E-state index >= 15 is 0 Å². The number of hydrogen-bond acceptors (Lipinski definition) is 5. The van der Waals surface area contributed by atoms with Crippen LogP contribution in [0.5, 0.6) is 5.88 Å². The van der Waals surface area contributed by atoms with Crippen LogP contribution in [0.15, 0.2) is 4.60 Å². The molecule has 0 bridgehead atoms. The van der Waals surface area contributed by atoms with E-state index in [0.29, 0.717) is 28.5 Å². The molecule has 0 atom stereocenters.